The van der Waals surface area contributed by atoms with Gasteiger partial charge in [0, 0.05) is 18.6 Å². The predicted molar refractivity (Wildman–Crippen MR) is 56.5 cm³/mol. The summed E-state index contributed by atoms with van der Waals surface area (Å²) < 4.78 is 11.1. The minimum absolute atomic E-state index is 0.0507. The maximum Gasteiger partial charge on any atom is 0.0893 e. The van der Waals surface area contributed by atoms with Gasteiger partial charge >= 0.3 is 0 Å². The Morgan fingerprint density at radius 3 is 2.80 bits per heavy atom. The van der Waals surface area contributed by atoms with Crippen molar-refractivity contribution in [3.05, 3.63) is 0 Å². The third kappa shape index (κ3) is 2.04. The van der Waals surface area contributed by atoms with Gasteiger partial charge in [0.15, 0.2) is 0 Å². The molecule has 0 aromatic carbocycles. The van der Waals surface area contributed by atoms with Crippen LogP contribution in [0.4, 0.5) is 0 Å². The SMILES string of the molecule is CC1CCC(C(O)C2(CN)CCOC2)O1. The zero-order chi connectivity index (χ0) is 10.9. The molecule has 2 aliphatic heterocycles. The maximum absolute atomic E-state index is 10.3. The van der Waals surface area contributed by atoms with E-state index in [1.807, 2.05) is 6.92 Å². The van der Waals surface area contributed by atoms with Crippen molar-refractivity contribution in [3.8, 4) is 0 Å². The van der Waals surface area contributed by atoms with Crippen LogP contribution in [0.2, 0.25) is 0 Å². The lowest BCUT2D eigenvalue weighted by Crippen LogP contribution is -2.48. The zero-order valence-corrected chi connectivity index (χ0v) is 9.32. The van der Waals surface area contributed by atoms with Crippen molar-refractivity contribution >= 4 is 0 Å². The topological polar surface area (TPSA) is 64.7 Å². The molecule has 0 bridgehead atoms. The second kappa shape index (κ2) is 4.37. The molecule has 4 atom stereocenters. The number of hydrogen-bond donors (Lipinski definition) is 2. The van der Waals surface area contributed by atoms with Gasteiger partial charge in [-0.3, -0.25) is 0 Å². The van der Waals surface area contributed by atoms with Crippen LogP contribution in [0.1, 0.15) is 26.2 Å². The molecule has 4 heteroatoms. The highest BCUT2D eigenvalue weighted by Crippen LogP contribution is 2.37. The molecule has 2 saturated heterocycles. The Kier molecular flexibility index (Phi) is 3.30. The van der Waals surface area contributed by atoms with Crippen LogP contribution in [0, 0.1) is 5.41 Å². The number of rotatable bonds is 3. The molecule has 2 rings (SSSR count). The average molecular weight is 215 g/mol. The quantitative estimate of drug-likeness (QED) is 0.710. The van der Waals surface area contributed by atoms with Crippen LogP contribution in [-0.4, -0.2) is 43.2 Å². The van der Waals surface area contributed by atoms with E-state index in [1.54, 1.807) is 0 Å². The van der Waals surface area contributed by atoms with E-state index in [0.29, 0.717) is 19.8 Å². The molecule has 3 N–H and O–H groups in total. The lowest BCUT2D eigenvalue weighted by molar-refractivity contribution is -0.0877. The molecule has 0 radical (unpaired) electrons. The first-order chi connectivity index (χ1) is 7.18. The Bertz CT molecular complexity index is 216. The molecular formula is C11H21NO3. The summed E-state index contributed by atoms with van der Waals surface area (Å²) in [7, 11) is 0. The van der Waals surface area contributed by atoms with Crippen molar-refractivity contribution in [2.24, 2.45) is 11.1 Å². The van der Waals surface area contributed by atoms with Crippen LogP contribution in [0.5, 0.6) is 0 Å². The first-order valence-corrected chi connectivity index (χ1v) is 5.79. The van der Waals surface area contributed by atoms with Gasteiger partial charge in [0.05, 0.1) is 24.9 Å². The number of aliphatic hydroxyl groups is 1. The molecular weight excluding hydrogens is 194 g/mol. The van der Waals surface area contributed by atoms with Crippen LogP contribution in [0.15, 0.2) is 0 Å². The molecule has 88 valence electrons. The van der Waals surface area contributed by atoms with Crippen molar-refractivity contribution < 1.29 is 14.6 Å². The summed E-state index contributed by atoms with van der Waals surface area (Å²) >= 11 is 0. The second-order valence-electron chi connectivity index (χ2n) is 4.88. The first kappa shape index (κ1) is 11.3. The minimum atomic E-state index is -0.477. The van der Waals surface area contributed by atoms with Crippen LogP contribution in [0.25, 0.3) is 0 Å². The van der Waals surface area contributed by atoms with Crippen LogP contribution < -0.4 is 5.73 Å². The first-order valence-electron chi connectivity index (χ1n) is 5.79. The normalized spacial score (nSPS) is 43.4. The molecule has 4 unspecified atom stereocenters. The summed E-state index contributed by atoms with van der Waals surface area (Å²) in [4.78, 5) is 0. The molecule has 0 aliphatic carbocycles. The van der Waals surface area contributed by atoms with Crippen LogP contribution in [-0.2, 0) is 9.47 Å². The van der Waals surface area contributed by atoms with Gasteiger partial charge in [0.25, 0.3) is 0 Å². The van der Waals surface area contributed by atoms with Crippen molar-refractivity contribution in [1.29, 1.82) is 0 Å². The standard InChI is InChI=1S/C11H21NO3/c1-8-2-3-9(15-8)10(13)11(6-12)4-5-14-7-11/h8-10,13H,2-7,12H2,1H3. The Labute approximate surface area is 90.7 Å². The molecule has 0 amide bonds. The van der Waals surface area contributed by atoms with Gasteiger partial charge in [-0.25, -0.2) is 0 Å². The maximum atomic E-state index is 10.3. The highest BCUT2D eigenvalue weighted by atomic mass is 16.5. The van der Waals surface area contributed by atoms with Crippen LogP contribution in [0.3, 0.4) is 0 Å². The van der Waals surface area contributed by atoms with E-state index in [-0.39, 0.29) is 17.6 Å². The zero-order valence-electron chi connectivity index (χ0n) is 9.32. The van der Waals surface area contributed by atoms with E-state index in [9.17, 15) is 5.11 Å². The van der Waals surface area contributed by atoms with E-state index in [1.165, 1.54) is 0 Å². The number of nitrogens with two attached hydrogens (primary N) is 1. The number of hydrogen-bond acceptors (Lipinski definition) is 4. The molecule has 0 spiro atoms. The summed E-state index contributed by atoms with van der Waals surface area (Å²) in [6, 6.07) is 0. The van der Waals surface area contributed by atoms with E-state index < -0.39 is 6.10 Å². The van der Waals surface area contributed by atoms with E-state index in [4.69, 9.17) is 15.2 Å². The Balaban J connectivity index is 2.01. The van der Waals surface area contributed by atoms with E-state index >= 15 is 0 Å². The second-order valence-corrected chi connectivity index (χ2v) is 4.88. The number of aliphatic hydroxyl groups excluding tert-OH is 1. The molecule has 2 fully saturated rings. The van der Waals surface area contributed by atoms with E-state index in [2.05, 4.69) is 0 Å². The summed E-state index contributed by atoms with van der Waals surface area (Å²) in [5.74, 6) is 0. The summed E-state index contributed by atoms with van der Waals surface area (Å²) in [5.41, 5.74) is 5.51. The van der Waals surface area contributed by atoms with Crippen molar-refractivity contribution in [2.75, 3.05) is 19.8 Å². The van der Waals surface area contributed by atoms with Gasteiger partial charge in [0.2, 0.25) is 0 Å². The van der Waals surface area contributed by atoms with Crippen molar-refractivity contribution in [3.63, 3.8) is 0 Å². The molecule has 0 aromatic rings. The average Bonchev–Trinajstić information content (AvgIpc) is 2.86. The van der Waals surface area contributed by atoms with E-state index in [0.717, 1.165) is 19.3 Å². The fraction of sp³-hybridized carbons (Fsp3) is 1.00. The molecule has 2 heterocycles. The Morgan fingerprint density at radius 2 is 2.33 bits per heavy atom. The van der Waals surface area contributed by atoms with Gasteiger partial charge in [-0.15, -0.1) is 0 Å². The summed E-state index contributed by atoms with van der Waals surface area (Å²) in [6.45, 7) is 3.80. The summed E-state index contributed by atoms with van der Waals surface area (Å²) in [5, 5.41) is 10.3. The van der Waals surface area contributed by atoms with Gasteiger partial charge in [-0.2, -0.15) is 0 Å². The lowest BCUT2D eigenvalue weighted by atomic mass is 9.78. The molecule has 15 heavy (non-hydrogen) atoms. The largest absolute Gasteiger partial charge is 0.390 e. The fourth-order valence-corrected chi connectivity index (χ4v) is 2.60. The smallest absolute Gasteiger partial charge is 0.0893 e. The van der Waals surface area contributed by atoms with Gasteiger partial charge in [0.1, 0.15) is 0 Å². The molecule has 4 nitrogen and oxygen atoms in total. The molecule has 2 aliphatic rings. The molecule has 0 aromatic heterocycles. The van der Waals surface area contributed by atoms with Gasteiger partial charge in [-0.05, 0) is 26.2 Å². The van der Waals surface area contributed by atoms with Crippen LogP contribution >= 0.6 is 0 Å². The van der Waals surface area contributed by atoms with Gasteiger partial charge in [-0.1, -0.05) is 0 Å². The fourth-order valence-electron chi connectivity index (χ4n) is 2.60. The van der Waals surface area contributed by atoms with Crippen molar-refractivity contribution in [2.45, 2.75) is 44.5 Å². The lowest BCUT2D eigenvalue weighted by Gasteiger charge is -2.34. The third-order valence-corrected chi connectivity index (χ3v) is 3.78. The predicted octanol–water partition coefficient (Wildman–Crippen LogP) is 0.280. The highest BCUT2D eigenvalue weighted by Gasteiger charge is 2.46. The minimum Gasteiger partial charge on any atom is -0.390 e. The summed E-state index contributed by atoms with van der Waals surface area (Å²) in [6.07, 6.45) is 2.55. The Morgan fingerprint density at radius 1 is 1.53 bits per heavy atom. The molecule has 0 saturated carbocycles. The number of ether oxygens (including phenoxy) is 2. The highest BCUT2D eigenvalue weighted by molar-refractivity contribution is 4.96. The van der Waals surface area contributed by atoms with Gasteiger partial charge < -0.3 is 20.3 Å². The Hall–Kier alpha value is -0.160. The monoisotopic (exact) mass is 215 g/mol. The third-order valence-electron chi connectivity index (χ3n) is 3.78. The van der Waals surface area contributed by atoms with Crippen molar-refractivity contribution in [1.82, 2.24) is 0 Å².